The highest BCUT2D eigenvalue weighted by atomic mass is 16.5. The van der Waals surface area contributed by atoms with Gasteiger partial charge < -0.3 is 14.6 Å². The predicted octanol–water partition coefficient (Wildman–Crippen LogP) is 2.21. The maximum absolute atomic E-state index is 12.6. The van der Waals surface area contributed by atoms with Gasteiger partial charge in [-0.1, -0.05) is 18.2 Å². The van der Waals surface area contributed by atoms with Crippen molar-refractivity contribution in [1.82, 2.24) is 15.0 Å². The smallest absolute Gasteiger partial charge is 0.326 e. The number of carbonyl (C=O) groups excluding carboxylic acids is 2. The zero-order valence-corrected chi connectivity index (χ0v) is 14.0. The quantitative estimate of drug-likeness (QED) is 0.548. The number of nitrogens with zero attached hydrogens (tertiary/aromatic N) is 3. The summed E-state index contributed by atoms with van der Waals surface area (Å²) in [4.78, 5) is 37.4. The van der Waals surface area contributed by atoms with Crippen LogP contribution in [-0.4, -0.2) is 46.4 Å². The van der Waals surface area contributed by atoms with Gasteiger partial charge in [-0.2, -0.15) is 0 Å². The molecule has 0 aliphatic rings. The molecule has 1 aromatic carbocycles. The maximum Gasteiger partial charge on any atom is 0.326 e. The standard InChI is InChI=1S/C18H18N4O3/c1-12(17(24)14-10-21-15-7-4-3-6-13(14)15)25-16(23)11-22(2)18-19-8-5-9-20-18/h3-10,12,21H,11H2,1-2H3. The van der Waals surface area contributed by atoms with Gasteiger partial charge in [0.15, 0.2) is 6.10 Å². The summed E-state index contributed by atoms with van der Waals surface area (Å²) in [6, 6.07) is 9.18. The van der Waals surface area contributed by atoms with Crippen molar-refractivity contribution in [3.63, 3.8) is 0 Å². The fraction of sp³-hybridized carbons (Fsp3) is 0.222. The Bertz CT molecular complexity index is 891. The Labute approximate surface area is 144 Å². The minimum Gasteiger partial charge on any atom is -0.453 e. The number of nitrogens with one attached hydrogen (secondary N) is 1. The van der Waals surface area contributed by atoms with Crippen molar-refractivity contribution in [3.05, 3.63) is 54.5 Å². The number of carbonyl (C=O) groups is 2. The van der Waals surface area contributed by atoms with Crippen LogP contribution in [0.5, 0.6) is 0 Å². The number of hydrogen-bond acceptors (Lipinski definition) is 6. The predicted molar refractivity (Wildman–Crippen MR) is 93.5 cm³/mol. The minimum absolute atomic E-state index is 0.0461. The van der Waals surface area contributed by atoms with Crippen LogP contribution in [0.15, 0.2) is 48.9 Å². The van der Waals surface area contributed by atoms with Gasteiger partial charge in [0.2, 0.25) is 11.7 Å². The number of hydrogen-bond donors (Lipinski definition) is 1. The number of ether oxygens (including phenoxy) is 1. The van der Waals surface area contributed by atoms with Gasteiger partial charge in [-0.05, 0) is 19.1 Å². The zero-order valence-electron chi connectivity index (χ0n) is 14.0. The molecule has 0 saturated heterocycles. The molecule has 2 heterocycles. The third-order valence-corrected chi connectivity index (χ3v) is 3.79. The molecule has 0 amide bonds. The van der Waals surface area contributed by atoms with E-state index in [2.05, 4.69) is 15.0 Å². The molecule has 0 bridgehead atoms. The summed E-state index contributed by atoms with van der Waals surface area (Å²) in [7, 11) is 1.68. The molecule has 25 heavy (non-hydrogen) atoms. The van der Waals surface area contributed by atoms with E-state index in [9.17, 15) is 9.59 Å². The van der Waals surface area contributed by atoms with Crippen LogP contribution in [0.4, 0.5) is 5.95 Å². The number of fused-ring (bicyclic) bond motifs is 1. The number of aromatic nitrogens is 3. The Balaban J connectivity index is 1.64. The van der Waals surface area contributed by atoms with Crippen LogP contribution >= 0.6 is 0 Å². The van der Waals surface area contributed by atoms with Crippen molar-refractivity contribution in [2.75, 3.05) is 18.5 Å². The van der Waals surface area contributed by atoms with E-state index in [-0.39, 0.29) is 12.3 Å². The van der Waals surface area contributed by atoms with E-state index < -0.39 is 12.1 Å². The molecule has 0 spiro atoms. The first-order valence-electron chi connectivity index (χ1n) is 7.84. The number of ketones is 1. The molecule has 7 heteroatoms. The number of aromatic amines is 1. The summed E-state index contributed by atoms with van der Waals surface area (Å²) < 4.78 is 5.28. The monoisotopic (exact) mass is 338 g/mol. The van der Waals surface area contributed by atoms with Gasteiger partial charge in [-0.25, -0.2) is 9.97 Å². The summed E-state index contributed by atoms with van der Waals surface area (Å²) in [5.74, 6) is -0.352. The summed E-state index contributed by atoms with van der Waals surface area (Å²) in [5.41, 5.74) is 1.38. The number of esters is 1. The lowest BCUT2D eigenvalue weighted by molar-refractivity contribution is -0.144. The molecule has 1 N–H and O–H groups in total. The molecule has 1 atom stereocenters. The number of para-hydroxylation sites is 1. The summed E-state index contributed by atoms with van der Waals surface area (Å²) >= 11 is 0. The average molecular weight is 338 g/mol. The first-order valence-corrected chi connectivity index (χ1v) is 7.84. The summed E-state index contributed by atoms with van der Waals surface area (Å²) in [6.07, 6.45) is 3.94. The lowest BCUT2D eigenvalue weighted by Gasteiger charge is -2.17. The fourth-order valence-electron chi connectivity index (χ4n) is 2.54. The van der Waals surface area contributed by atoms with Crippen LogP contribution in [0.2, 0.25) is 0 Å². The Kier molecular flexibility index (Phi) is 4.74. The number of anilines is 1. The van der Waals surface area contributed by atoms with Gasteiger partial charge >= 0.3 is 5.97 Å². The third-order valence-electron chi connectivity index (χ3n) is 3.79. The van der Waals surface area contributed by atoms with Crippen molar-refractivity contribution in [2.45, 2.75) is 13.0 Å². The molecule has 1 unspecified atom stereocenters. The highest BCUT2D eigenvalue weighted by Crippen LogP contribution is 2.20. The molecule has 3 aromatic rings. The molecule has 2 aromatic heterocycles. The van der Waals surface area contributed by atoms with Crippen molar-refractivity contribution >= 4 is 28.6 Å². The van der Waals surface area contributed by atoms with E-state index >= 15 is 0 Å². The third kappa shape index (κ3) is 3.65. The second kappa shape index (κ2) is 7.12. The molecule has 0 aliphatic carbocycles. The normalized spacial score (nSPS) is 11.9. The van der Waals surface area contributed by atoms with Gasteiger partial charge in [-0.15, -0.1) is 0 Å². The van der Waals surface area contributed by atoms with Crippen LogP contribution in [0.3, 0.4) is 0 Å². The maximum atomic E-state index is 12.6. The van der Waals surface area contributed by atoms with Gasteiger partial charge in [0.1, 0.15) is 6.54 Å². The SMILES string of the molecule is CC(OC(=O)CN(C)c1ncccn1)C(=O)c1c[nH]c2ccccc12. The molecule has 7 nitrogen and oxygen atoms in total. The molecule has 0 saturated carbocycles. The number of H-pyrrole nitrogens is 1. The van der Waals surface area contributed by atoms with Crippen molar-refractivity contribution in [2.24, 2.45) is 0 Å². The van der Waals surface area contributed by atoms with Crippen LogP contribution in [-0.2, 0) is 9.53 Å². The van der Waals surface area contributed by atoms with Crippen molar-refractivity contribution in [1.29, 1.82) is 0 Å². The van der Waals surface area contributed by atoms with Crippen LogP contribution in [0.1, 0.15) is 17.3 Å². The molecule has 0 aliphatic heterocycles. The fourth-order valence-corrected chi connectivity index (χ4v) is 2.54. The van der Waals surface area contributed by atoms with E-state index in [1.165, 1.54) is 0 Å². The molecular weight excluding hydrogens is 320 g/mol. The Hall–Kier alpha value is -3.22. The van der Waals surface area contributed by atoms with E-state index in [0.717, 1.165) is 10.9 Å². The van der Waals surface area contributed by atoms with Gasteiger partial charge in [0.25, 0.3) is 0 Å². The van der Waals surface area contributed by atoms with E-state index in [1.54, 1.807) is 43.5 Å². The van der Waals surface area contributed by atoms with Gasteiger partial charge in [0.05, 0.1) is 0 Å². The number of Topliss-reactive ketones (excluding diaryl/α,β-unsaturated/α-hetero) is 1. The molecule has 128 valence electrons. The Morgan fingerprint density at radius 2 is 1.92 bits per heavy atom. The first kappa shape index (κ1) is 16.6. The number of rotatable bonds is 6. The van der Waals surface area contributed by atoms with E-state index in [1.807, 2.05) is 24.3 Å². The highest BCUT2D eigenvalue weighted by Gasteiger charge is 2.23. The van der Waals surface area contributed by atoms with Crippen molar-refractivity contribution < 1.29 is 14.3 Å². The van der Waals surface area contributed by atoms with Crippen LogP contribution in [0.25, 0.3) is 10.9 Å². The van der Waals surface area contributed by atoms with Crippen LogP contribution in [0, 0.1) is 0 Å². The molecular formula is C18H18N4O3. The second-order valence-electron chi connectivity index (χ2n) is 5.65. The Morgan fingerprint density at radius 3 is 2.68 bits per heavy atom. The van der Waals surface area contributed by atoms with Gasteiger partial charge in [-0.3, -0.25) is 9.59 Å². The topological polar surface area (TPSA) is 88.2 Å². The van der Waals surface area contributed by atoms with Gasteiger partial charge in [0, 0.05) is 42.1 Å². The van der Waals surface area contributed by atoms with E-state index in [4.69, 9.17) is 4.74 Å². The molecule has 3 rings (SSSR count). The summed E-state index contributed by atoms with van der Waals surface area (Å²) in [5, 5.41) is 0.810. The summed E-state index contributed by atoms with van der Waals surface area (Å²) in [6.45, 7) is 1.52. The number of benzene rings is 1. The minimum atomic E-state index is -0.878. The highest BCUT2D eigenvalue weighted by molar-refractivity contribution is 6.10. The lowest BCUT2D eigenvalue weighted by Crippen LogP contribution is -2.32. The lowest BCUT2D eigenvalue weighted by atomic mass is 10.1. The van der Waals surface area contributed by atoms with Crippen LogP contribution < -0.4 is 4.90 Å². The molecule has 0 radical (unpaired) electrons. The average Bonchev–Trinajstić information content (AvgIpc) is 3.05. The number of likely N-dealkylation sites (N-methyl/N-ethyl adjacent to an activating group) is 1. The van der Waals surface area contributed by atoms with Crippen molar-refractivity contribution in [3.8, 4) is 0 Å². The molecule has 0 fully saturated rings. The zero-order chi connectivity index (χ0) is 17.8. The first-order chi connectivity index (χ1) is 12.1. The second-order valence-corrected chi connectivity index (χ2v) is 5.65. The largest absolute Gasteiger partial charge is 0.453 e. The van der Waals surface area contributed by atoms with E-state index in [0.29, 0.717) is 11.5 Å². The Morgan fingerprint density at radius 1 is 1.20 bits per heavy atom.